The molecule has 1 aromatic carbocycles. The molecular weight excluding hydrogens is 308 g/mol. The third-order valence-corrected chi connectivity index (χ3v) is 3.68. The summed E-state index contributed by atoms with van der Waals surface area (Å²) in [7, 11) is 1.91. The van der Waals surface area contributed by atoms with E-state index in [4.69, 9.17) is 5.73 Å². The summed E-state index contributed by atoms with van der Waals surface area (Å²) in [4.78, 5) is 4.39. The monoisotopic (exact) mass is 320 g/mol. The topological polar surface area (TPSA) is 74.5 Å². The molecule has 98 valence electrons. The van der Waals surface area contributed by atoms with Crippen LogP contribution in [0.2, 0.25) is 0 Å². The number of nitrogen functional groups attached to an aromatic ring is 1. The van der Waals surface area contributed by atoms with Crippen LogP contribution in [0.15, 0.2) is 29.0 Å². The van der Waals surface area contributed by atoms with Gasteiger partial charge >= 0.3 is 0 Å². The third-order valence-electron chi connectivity index (χ3n) is 3.19. The molecule has 3 rings (SSSR count). The van der Waals surface area contributed by atoms with E-state index in [0.29, 0.717) is 5.95 Å². The van der Waals surface area contributed by atoms with Crippen LogP contribution in [-0.4, -0.2) is 24.3 Å². The predicted molar refractivity (Wildman–Crippen MR) is 76.7 cm³/mol. The number of hydrogen-bond donors (Lipinski definition) is 1. The van der Waals surface area contributed by atoms with E-state index in [1.807, 2.05) is 41.3 Å². The molecule has 1 atom stereocenters. The number of anilines is 1. The second kappa shape index (κ2) is 4.34. The highest BCUT2D eigenvalue weighted by Crippen LogP contribution is 2.27. The van der Waals surface area contributed by atoms with Crippen LogP contribution in [0.1, 0.15) is 18.8 Å². The van der Waals surface area contributed by atoms with Gasteiger partial charge in [0.2, 0.25) is 5.95 Å². The summed E-state index contributed by atoms with van der Waals surface area (Å²) >= 11 is 3.44. The zero-order valence-electron chi connectivity index (χ0n) is 10.6. The molecule has 0 fully saturated rings. The molecule has 0 bridgehead atoms. The maximum atomic E-state index is 6.04. The first-order valence-corrected chi connectivity index (χ1v) is 6.64. The lowest BCUT2D eigenvalue weighted by atomic mass is 10.2. The lowest BCUT2D eigenvalue weighted by Crippen LogP contribution is -2.14. The second-order valence-corrected chi connectivity index (χ2v) is 5.36. The van der Waals surface area contributed by atoms with Gasteiger partial charge in [0.25, 0.3) is 0 Å². The van der Waals surface area contributed by atoms with E-state index in [1.165, 1.54) is 0 Å². The van der Waals surface area contributed by atoms with Gasteiger partial charge in [-0.15, -0.1) is 10.2 Å². The van der Waals surface area contributed by atoms with E-state index in [-0.39, 0.29) is 6.04 Å². The molecule has 7 heteroatoms. The fourth-order valence-corrected chi connectivity index (χ4v) is 2.63. The Hall–Kier alpha value is -1.89. The van der Waals surface area contributed by atoms with Crippen molar-refractivity contribution in [1.82, 2.24) is 24.3 Å². The van der Waals surface area contributed by atoms with E-state index >= 15 is 0 Å². The highest BCUT2D eigenvalue weighted by Gasteiger charge is 2.19. The fraction of sp³-hybridized carbons (Fsp3) is 0.250. The van der Waals surface area contributed by atoms with Crippen molar-refractivity contribution in [1.29, 1.82) is 0 Å². The maximum Gasteiger partial charge on any atom is 0.201 e. The first-order chi connectivity index (χ1) is 9.08. The lowest BCUT2D eigenvalue weighted by molar-refractivity contribution is 0.594. The largest absolute Gasteiger partial charge is 0.369 e. The molecule has 0 aliphatic carbocycles. The molecular formula is C12H13BrN6. The Bertz CT molecular complexity index is 744. The smallest absolute Gasteiger partial charge is 0.201 e. The van der Waals surface area contributed by atoms with E-state index in [0.717, 1.165) is 21.3 Å². The molecule has 2 N–H and O–H groups in total. The number of nitrogens with two attached hydrogens (primary N) is 1. The first-order valence-electron chi connectivity index (χ1n) is 5.85. The number of aromatic nitrogens is 5. The van der Waals surface area contributed by atoms with Crippen LogP contribution >= 0.6 is 15.9 Å². The number of fused-ring (bicyclic) bond motifs is 1. The Morgan fingerprint density at radius 2 is 2.16 bits per heavy atom. The van der Waals surface area contributed by atoms with Crippen LogP contribution in [0.3, 0.4) is 0 Å². The minimum absolute atomic E-state index is 0.0290. The number of imidazole rings is 1. The Morgan fingerprint density at radius 3 is 2.84 bits per heavy atom. The first kappa shape index (κ1) is 12.2. The van der Waals surface area contributed by atoms with Gasteiger partial charge < -0.3 is 10.3 Å². The van der Waals surface area contributed by atoms with Crippen molar-refractivity contribution in [2.75, 3.05) is 5.73 Å². The number of rotatable bonds is 2. The number of hydrogen-bond acceptors (Lipinski definition) is 4. The third kappa shape index (κ3) is 1.90. The summed E-state index contributed by atoms with van der Waals surface area (Å²) in [5.41, 5.74) is 7.88. The normalized spacial score (nSPS) is 13.0. The van der Waals surface area contributed by atoms with Crippen molar-refractivity contribution >= 4 is 32.9 Å². The van der Waals surface area contributed by atoms with E-state index < -0.39 is 0 Å². The number of halogens is 1. The van der Waals surface area contributed by atoms with Gasteiger partial charge in [0.05, 0.1) is 17.1 Å². The van der Waals surface area contributed by atoms with Crippen molar-refractivity contribution in [3.63, 3.8) is 0 Å². The zero-order valence-corrected chi connectivity index (χ0v) is 12.2. The molecule has 0 spiro atoms. The van der Waals surface area contributed by atoms with Gasteiger partial charge in [-0.05, 0) is 25.1 Å². The quantitative estimate of drug-likeness (QED) is 0.784. The van der Waals surface area contributed by atoms with Gasteiger partial charge in [0.1, 0.15) is 6.33 Å². The molecule has 0 amide bonds. The summed E-state index contributed by atoms with van der Waals surface area (Å²) in [5, 5.41) is 8.04. The van der Waals surface area contributed by atoms with Gasteiger partial charge in [-0.3, -0.25) is 4.57 Å². The maximum absolute atomic E-state index is 6.04. The molecule has 0 aliphatic heterocycles. The summed E-state index contributed by atoms with van der Waals surface area (Å²) in [5.74, 6) is 1.32. The van der Waals surface area contributed by atoms with Crippen molar-refractivity contribution in [2.45, 2.75) is 13.0 Å². The zero-order chi connectivity index (χ0) is 13.6. The van der Waals surface area contributed by atoms with Gasteiger partial charge in [-0.25, -0.2) is 4.98 Å². The Morgan fingerprint density at radius 1 is 1.37 bits per heavy atom. The Labute approximate surface area is 118 Å². The van der Waals surface area contributed by atoms with Gasteiger partial charge in [0, 0.05) is 11.5 Å². The molecule has 0 aliphatic rings. The van der Waals surface area contributed by atoms with Crippen LogP contribution in [0, 0.1) is 0 Å². The van der Waals surface area contributed by atoms with Gasteiger partial charge in [-0.2, -0.15) is 0 Å². The van der Waals surface area contributed by atoms with Gasteiger partial charge in [-0.1, -0.05) is 15.9 Å². The van der Waals surface area contributed by atoms with E-state index in [9.17, 15) is 0 Å². The SMILES string of the molecule is CC(c1nncn1C)n1c(N)nc2cc(Br)ccc21. The van der Waals surface area contributed by atoms with E-state index in [2.05, 4.69) is 31.1 Å². The van der Waals surface area contributed by atoms with Crippen LogP contribution in [0.5, 0.6) is 0 Å². The summed E-state index contributed by atoms with van der Waals surface area (Å²) < 4.78 is 4.83. The van der Waals surface area contributed by atoms with Crippen LogP contribution < -0.4 is 5.73 Å². The molecule has 2 heterocycles. The molecule has 1 unspecified atom stereocenters. The van der Waals surface area contributed by atoms with E-state index in [1.54, 1.807) is 6.33 Å². The summed E-state index contributed by atoms with van der Waals surface area (Å²) in [6.45, 7) is 2.03. The number of benzene rings is 1. The van der Waals surface area contributed by atoms with Crippen LogP contribution in [-0.2, 0) is 7.05 Å². The summed E-state index contributed by atoms with van der Waals surface area (Å²) in [6, 6.07) is 5.89. The predicted octanol–water partition coefficient (Wildman–Crippen LogP) is 2.12. The minimum Gasteiger partial charge on any atom is -0.369 e. The average molecular weight is 321 g/mol. The molecule has 0 radical (unpaired) electrons. The Balaban J connectivity index is 2.20. The van der Waals surface area contributed by atoms with Crippen LogP contribution in [0.4, 0.5) is 5.95 Å². The standard InChI is InChI=1S/C12H13BrN6/c1-7(11-17-15-6-18(11)2)19-10-4-3-8(13)5-9(10)16-12(19)14/h3-7H,1-2H3,(H2,14,16). The lowest BCUT2D eigenvalue weighted by Gasteiger charge is -2.14. The molecule has 0 saturated carbocycles. The highest BCUT2D eigenvalue weighted by molar-refractivity contribution is 9.10. The number of nitrogens with zero attached hydrogens (tertiary/aromatic N) is 5. The number of aryl methyl sites for hydroxylation is 1. The average Bonchev–Trinajstić information content (AvgIpc) is 2.90. The van der Waals surface area contributed by atoms with Crippen molar-refractivity contribution < 1.29 is 0 Å². The van der Waals surface area contributed by atoms with Crippen molar-refractivity contribution in [3.8, 4) is 0 Å². The van der Waals surface area contributed by atoms with Crippen LogP contribution in [0.25, 0.3) is 11.0 Å². The van der Waals surface area contributed by atoms with Gasteiger partial charge in [0.15, 0.2) is 5.82 Å². The summed E-state index contributed by atoms with van der Waals surface area (Å²) in [6.07, 6.45) is 1.68. The molecule has 6 nitrogen and oxygen atoms in total. The second-order valence-electron chi connectivity index (χ2n) is 4.45. The molecule has 2 aromatic heterocycles. The fourth-order valence-electron chi connectivity index (χ4n) is 2.28. The molecule has 19 heavy (non-hydrogen) atoms. The van der Waals surface area contributed by atoms with Crippen molar-refractivity contribution in [2.24, 2.45) is 7.05 Å². The highest BCUT2D eigenvalue weighted by atomic mass is 79.9. The minimum atomic E-state index is -0.0290. The Kier molecular flexibility index (Phi) is 2.78. The van der Waals surface area contributed by atoms with Crippen molar-refractivity contribution in [3.05, 3.63) is 34.8 Å². The molecule has 0 saturated heterocycles. The molecule has 3 aromatic rings.